The number of aryl methyl sites for hydroxylation is 1. The molecule has 2 atom stereocenters. The topological polar surface area (TPSA) is 64.9 Å². The second-order valence-corrected chi connectivity index (χ2v) is 5.71. The van der Waals surface area contributed by atoms with Gasteiger partial charge in [-0.2, -0.15) is 4.98 Å². The van der Waals surface area contributed by atoms with Crippen molar-refractivity contribution in [1.82, 2.24) is 10.1 Å². The summed E-state index contributed by atoms with van der Waals surface area (Å²) < 4.78 is 5.48. The Hall–Kier alpha value is -1.68. The summed E-state index contributed by atoms with van der Waals surface area (Å²) >= 11 is 0. The van der Waals surface area contributed by atoms with Crippen LogP contribution in [-0.4, -0.2) is 16.2 Å². The van der Waals surface area contributed by atoms with Crippen LogP contribution in [0, 0.1) is 6.92 Å². The normalized spacial score (nSPS) is 26.8. The van der Waals surface area contributed by atoms with E-state index in [1.54, 1.807) is 0 Å². The van der Waals surface area contributed by atoms with Crippen LogP contribution in [-0.2, 0) is 5.41 Å². The molecular formula is C15H19N3O. The van der Waals surface area contributed by atoms with E-state index < -0.39 is 0 Å². The monoisotopic (exact) mass is 257 g/mol. The number of benzene rings is 1. The number of aromatic nitrogens is 2. The third kappa shape index (κ3) is 2.06. The van der Waals surface area contributed by atoms with Gasteiger partial charge in [-0.15, -0.1) is 0 Å². The summed E-state index contributed by atoms with van der Waals surface area (Å²) in [6.45, 7) is 4.18. The largest absolute Gasteiger partial charge is 0.338 e. The molecule has 0 spiro atoms. The van der Waals surface area contributed by atoms with Crippen molar-refractivity contribution in [3.05, 3.63) is 35.7 Å². The molecule has 4 nitrogen and oxygen atoms in total. The average molecular weight is 257 g/mol. The summed E-state index contributed by atoms with van der Waals surface area (Å²) in [6.07, 6.45) is 3.17. The molecule has 2 N–H and O–H groups in total. The number of hydrogen-bond donors (Lipinski definition) is 1. The molecule has 1 fully saturated rings. The highest BCUT2D eigenvalue weighted by Gasteiger charge is 2.42. The molecule has 1 aromatic carbocycles. The minimum absolute atomic E-state index is 0.110. The van der Waals surface area contributed by atoms with Gasteiger partial charge in [-0.1, -0.05) is 35.3 Å². The Kier molecular flexibility index (Phi) is 2.90. The molecule has 19 heavy (non-hydrogen) atoms. The van der Waals surface area contributed by atoms with E-state index in [2.05, 4.69) is 36.1 Å². The SMILES string of the molecule is Cc1cccc(-c2noc(C3(C)CCCC3N)n2)c1. The highest BCUT2D eigenvalue weighted by atomic mass is 16.5. The van der Waals surface area contributed by atoms with Gasteiger partial charge in [0.05, 0.1) is 5.41 Å². The van der Waals surface area contributed by atoms with Crippen molar-refractivity contribution in [1.29, 1.82) is 0 Å². The highest BCUT2D eigenvalue weighted by Crippen LogP contribution is 2.39. The van der Waals surface area contributed by atoms with Crippen LogP contribution in [0.25, 0.3) is 11.4 Å². The summed E-state index contributed by atoms with van der Waals surface area (Å²) in [7, 11) is 0. The van der Waals surface area contributed by atoms with E-state index in [4.69, 9.17) is 10.3 Å². The fourth-order valence-corrected chi connectivity index (χ4v) is 2.82. The van der Waals surface area contributed by atoms with Crippen LogP contribution >= 0.6 is 0 Å². The van der Waals surface area contributed by atoms with Gasteiger partial charge in [0.2, 0.25) is 11.7 Å². The van der Waals surface area contributed by atoms with Crippen molar-refractivity contribution >= 4 is 0 Å². The Morgan fingerprint density at radius 1 is 1.42 bits per heavy atom. The van der Waals surface area contributed by atoms with Crippen LogP contribution in [0.2, 0.25) is 0 Å². The molecule has 1 aliphatic carbocycles. The molecule has 0 radical (unpaired) electrons. The first-order valence-corrected chi connectivity index (χ1v) is 6.76. The zero-order chi connectivity index (χ0) is 13.5. The number of nitrogens with two attached hydrogens (primary N) is 1. The molecule has 2 unspecified atom stereocenters. The lowest BCUT2D eigenvalue weighted by atomic mass is 9.85. The molecular weight excluding hydrogens is 238 g/mol. The molecule has 1 saturated carbocycles. The quantitative estimate of drug-likeness (QED) is 0.898. The predicted molar refractivity (Wildman–Crippen MR) is 73.6 cm³/mol. The molecule has 0 saturated heterocycles. The fourth-order valence-electron chi connectivity index (χ4n) is 2.82. The Morgan fingerprint density at radius 3 is 2.95 bits per heavy atom. The second-order valence-electron chi connectivity index (χ2n) is 5.71. The summed E-state index contributed by atoms with van der Waals surface area (Å²) in [4.78, 5) is 4.57. The Bertz CT molecular complexity index is 593. The van der Waals surface area contributed by atoms with Crippen LogP contribution in [0.5, 0.6) is 0 Å². The third-order valence-electron chi connectivity index (χ3n) is 4.22. The second kappa shape index (κ2) is 4.46. The van der Waals surface area contributed by atoms with Crippen molar-refractivity contribution in [3.8, 4) is 11.4 Å². The van der Waals surface area contributed by atoms with Crippen LogP contribution in [0.4, 0.5) is 0 Å². The molecule has 1 heterocycles. The van der Waals surface area contributed by atoms with Gasteiger partial charge in [0.15, 0.2) is 0 Å². The maximum atomic E-state index is 6.19. The van der Waals surface area contributed by atoms with Crippen LogP contribution in [0.1, 0.15) is 37.6 Å². The fraction of sp³-hybridized carbons (Fsp3) is 0.467. The van der Waals surface area contributed by atoms with Crippen LogP contribution < -0.4 is 5.73 Å². The van der Waals surface area contributed by atoms with Gasteiger partial charge in [0, 0.05) is 11.6 Å². The van der Waals surface area contributed by atoms with E-state index in [0.717, 1.165) is 24.8 Å². The molecule has 0 amide bonds. The Labute approximate surface area is 113 Å². The summed E-state index contributed by atoms with van der Waals surface area (Å²) in [5.41, 5.74) is 8.20. The number of hydrogen-bond acceptors (Lipinski definition) is 4. The number of nitrogens with zero attached hydrogens (tertiary/aromatic N) is 2. The first-order chi connectivity index (χ1) is 9.09. The highest BCUT2D eigenvalue weighted by molar-refractivity contribution is 5.55. The lowest BCUT2D eigenvalue weighted by molar-refractivity contribution is 0.278. The summed E-state index contributed by atoms with van der Waals surface area (Å²) in [6, 6.07) is 8.23. The molecule has 4 heteroatoms. The zero-order valence-corrected chi connectivity index (χ0v) is 11.4. The van der Waals surface area contributed by atoms with Crippen molar-refractivity contribution < 1.29 is 4.52 Å². The molecule has 3 rings (SSSR count). The van der Waals surface area contributed by atoms with E-state index in [0.29, 0.717) is 11.7 Å². The molecule has 0 aliphatic heterocycles. The van der Waals surface area contributed by atoms with E-state index in [9.17, 15) is 0 Å². The smallest absolute Gasteiger partial charge is 0.234 e. The van der Waals surface area contributed by atoms with Crippen LogP contribution in [0.15, 0.2) is 28.8 Å². The Balaban J connectivity index is 1.96. The lowest BCUT2D eigenvalue weighted by Crippen LogP contribution is -2.38. The van der Waals surface area contributed by atoms with Crippen molar-refractivity contribution in [2.75, 3.05) is 0 Å². The maximum absolute atomic E-state index is 6.19. The minimum atomic E-state index is -0.172. The summed E-state index contributed by atoms with van der Waals surface area (Å²) in [5, 5.41) is 4.11. The standard InChI is InChI=1S/C15H19N3O/c1-10-5-3-6-11(9-10)13-17-14(19-18-13)15(2)8-4-7-12(15)16/h3,5-6,9,12H,4,7-8,16H2,1-2H3. The maximum Gasteiger partial charge on any atom is 0.234 e. The van der Waals surface area contributed by atoms with Crippen molar-refractivity contribution in [2.45, 2.75) is 44.6 Å². The first kappa shape index (κ1) is 12.4. The lowest BCUT2D eigenvalue weighted by Gasteiger charge is -2.23. The van der Waals surface area contributed by atoms with E-state index in [1.807, 2.05) is 12.1 Å². The third-order valence-corrected chi connectivity index (χ3v) is 4.22. The molecule has 2 aromatic rings. The van der Waals surface area contributed by atoms with E-state index >= 15 is 0 Å². The Morgan fingerprint density at radius 2 is 2.26 bits per heavy atom. The molecule has 0 bridgehead atoms. The van der Waals surface area contributed by atoms with Gasteiger partial charge in [-0.05, 0) is 32.8 Å². The number of rotatable bonds is 2. The van der Waals surface area contributed by atoms with Crippen molar-refractivity contribution in [3.63, 3.8) is 0 Å². The molecule has 1 aliphatic rings. The molecule has 100 valence electrons. The average Bonchev–Trinajstić information content (AvgIpc) is 2.99. The van der Waals surface area contributed by atoms with Crippen LogP contribution in [0.3, 0.4) is 0 Å². The van der Waals surface area contributed by atoms with Gasteiger partial charge in [-0.25, -0.2) is 0 Å². The van der Waals surface area contributed by atoms with Gasteiger partial charge in [0.25, 0.3) is 0 Å². The predicted octanol–water partition coefficient (Wildman–Crippen LogP) is 2.81. The zero-order valence-electron chi connectivity index (χ0n) is 11.4. The van der Waals surface area contributed by atoms with Gasteiger partial charge in [0.1, 0.15) is 0 Å². The minimum Gasteiger partial charge on any atom is -0.338 e. The van der Waals surface area contributed by atoms with Gasteiger partial charge < -0.3 is 10.3 Å². The van der Waals surface area contributed by atoms with E-state index in [-0.39, 0.29) is 11.5 Å². The summed E-state index contributed by atoms with van der Waals surface area (Å²) in [5.74, 6) is 1.33. The van der Waals surface area contributed by atoms with E-state index in [1.165, 1.54) is 5.56 Å². The van der Waals surface area contributed by atoms with Gasteiger partial charge in [-0.3, -0.25) is 0 Å². The molecule has 1 aromatic heterocycles. The van der Waals surface area contributed by atoms with Gasteiger partial charge >= 0.3 is 0 Å². The first-order valence-electron chi connectivity index (χ1n) is 6.76. The van der Waals surface area contributed by atoms with Crippen molar-refractivity contribution in [2.24, 2.45) is 5.73 Å².